The van der Waals surface area contributed by atoms with Gasteiger partial charge >= 0.3 is 6.09 Å². The van der Waals surface area contributed by atoms with Crippen molar-refractivity contribution in [3.63, 3.8) is 0 Å². The number of fused-ring (bicyclic) bond motifs is 1. The van der Waals surface area contributed by atoms with Crippen LogP contribution in [0.2, 0.25) is 0 Å². The number of methoxy groups -OCH3 is 1. The van der Waals surface area contributed by atoms with Crippen LogP contribution in [0.3, 0.4) is 0 Å². The second kappa shape index (κ2) is 8.08. The first-order valence-corrected chi connectivity index (χ1v) is 9.51. The number of carbonyl (C=O) groups is 1. The number of nitrogens with zero attached hydrogens (tertiary/aromatic N) is 4. The van der Waals surface area contributed by atoms with Crippen molar-refractivity contribution in [3.05, 3.63) is 18.5 Å². The van der Waals surface area contributed by atoms with Crippen molar-refractivity contribution < 1.29 is 19.0 Å². The average molecular weight is 388 g/mol. The van der Waals surface area contributed by atoms with Gasteiger partial charge in [-0.25, -0.2) is 14.8 Å². The lowest BCUT2D eigenvalue weighted by atomic mass is 10.2. The Morgan fingerprint density at radius 2 is 1.82 bits per heavy atom. The fourth-order valence-electron chi connectivity index (χ4n) is 3.16. The second-order valence-electron chi connectivity index (χ2n) is 7.60. The molecule has 0 atom stereocenters. The summed E-state index contributed by atoms with van der Waals surface area (Å²) in [7, 11) is 1.61. The Morgan fingerprint density at radius 1 is 1.11 bits per heavy atom. The number of amides is 1. The lowest BCUT2D eigenvalue weighted by molar-refractivity contribution is 0.0240. The van der Waals surface area contributed by atoms with E-state index in [1.165, 1.54) is 0 Å². The van der Waals surface area contributed by atoms with E-state index in [0.29, 0.717) is 44.3 Å². The standard InChI is InChI=1S/C20H28N4O4/c1-6-27-17-11-14-15(12-16(17)26-5)21-13-22-18(14)23-7-9-24(10-8-23)19(25)28-20(2,3)4/h11-13H,6-10H2,1-5H3. The molecule has 0 saturated carbocycles. The summed E-state index contributed by atoms with van der Waals surface area (Å²) in [5.74, 6) is 2.15. The summed E-state index contributed by atoms with van der Waals surface area (Å²) in [6, 6.07) is 3.79. The molecule has 0 unspecified atom stereocenters. The highest BCUT2D eigenvalue weighted by atomic mass is 16.6. The molecule has 2 aromatic rings. The molecule has 0 aliphatic carbocycles. The number of hydrogen-bond donors (Lipinski definition) is 0. The lowest BCUT2D eigenvalue weighted by Crippen LogP contribution is -2.50. The zero-order valence-electron chi connectivity index (χ0n) is 17.2. The number of benzene rings is 1. The molecule has 28 heavy (non-hydrogen) atoms. The molecule has 1 aromatic heterocycles. The van der Waals surface area contributed by atoms with Crippen LogP contribution >= 0.6 is 0 Å². The molecule has 0 bridgehead atoms. The Balaban J connectivity index is 1.81. The number of hydrogen-bond acceptors (Lipinski definition) is 7. The molecule has 1 amide bonds. The van der Waals surface area contributed by atoms with Crippen LogP contribution in [0, 0.1) is 0 Å². The maximum atomic E-state index is 12.3. The molecule has 8 heteroatoms. The number of rotatable bonds is 4. The molecule has 152 valence electrons. The van der Waals surface area contributed by atoms with Crippen molar-refractivity contribution in [2.45, 2.75) is 33.3 Å². The van der Waals surface area contributed by atoms with E-state index in [1.54, 1.807) is 18.3 Å². The molecule has 0 N–H and O–H groups in total. The quantitative estimate of drug-likeness (QED) is 0.796. The molecule has 1 aliphatic heterocycles. The molecule has 1 fully saturated rings. The molecule has 8 nitrogen and oxygen atoms in total. The van der Waals surface area contributed by atoms with Crippen LogP contribution in [0.4, 0.5) is 10.6 Å². The molecular formula is C20H28N4O4. The van der Waals surface area contributed by atoms with Crippen LogP contribution < -0.4 is 14.4 Å². The van der Waals surface area contributed by atoms with Gasteiger partial charge in [0.25, 0.3) is 0 Å². The normalized spacial score (nSPS) is 14.9. The van der Waals surface area contributed by atoms with E-state index in [1.807, 2.05) is 39.8 Å². The molecule has 2 heterocycles. The predicted molar refractivity (Wildman–Crippen MR) is 107 cm³/mol. The summed E-state index contributed by atoms with van der Waals surface area (Å²) < 4.78 is 16.6. The van der Waals surface area contributed by atoms with Gasteiger partial charge in [0.15, 0.2) is 11.5 Å². The van der Waals surface area contributed by atoms with Crippen LogP contribution in [-0.2, 0) is 4.74 Å². The van der Waals surface area contributed by atoms with Crippen molar-refractivity contribution in [3.8, 4) is 11.5 Å². The third-order valence-electron chi connectivity index (χ3n) is 4.43. The first kappa shape index (κ1) is 20.0. The summed E-state index contributed by atoms with van der Waals surface area (Å²) in [5.41, 5.74) is 0.297. The van der Waals surface area contributed by atoms with Crippen LogP contribution in [-0.4, -0.2) is 66.5 Å². The zero-order chi connectivity index (χ0) is 20.3. The van der Waals surface area contributed by atoms with Crippen LogP contribution in [0.1, 0.15) is 27.7 Å². The lowest BCUT2D eigenvalue weighted by Gasteiger charge is -2.36. The van der Waals surface area contributed by atoms with E-state index in [-0.39, 0.29) is 6.09 Å². The number of aromatic nitrogens is 2. The molecule has 0 radical (unpaired) electrons. The maximum absolute atomic E-state index is 12.3. The first-order chi connectivity index (χ1) is 13.3. The first-order valence-electron chi connectivity index (χ1n) is 9.51. The van der Waals surface area contributed by atoms with Gasteiger partial charge in [0.2, 0.25) is 0 Å². The average Bonchev–Trinajstić information content (AvgIpc) is 2.66. The Morgan fingerprint density at radius 3 is 2.43 bits per heavy atom. The summed E-state index contributed by atoms with van der Waals surface area (Å²) in [4.78, 5) is 25.1. The van der Waals surface area contributed by atoms with E-state index >= 15 is 0 Å². The monoisotopic (exact) mass is 388 g/mol. The van der Waals surface area contributed by atoms with Gasteiger partial charge in [-0.2, -0.15) is 0 Å². The second-order valence-corrected chi connectivity index (χ2v) is 7.60. The van der Waals surface area contributed by atoms with Crippen LogP contribution in [0.25, 0.3) is 10.9 Å². The van der Waals surface area contributed by atoms with E-state index < -0.39 is 5.60 Å². The number of anilines is 1. The van der Waals surface area contributed by atoms with E-state index in [0.717, 1.165) is 16.7 Å². The number of carbonyl (C=O) groups excluding carboxylic acids is 1. The Kier molecular flexibility index (Phi) is 5.76. The highest BCUT2D eigenvalue weighted by Gasteiger charge is 2.27. The zero-order valence-corrected chi connectivity index (χ0v) is 17.2. The van der Waals surface area contributed by atoms with Gasteiger partial charge in [-0.1, -0.05) is 0 Å². The van der Waals surface area contributed by atoms with E-state index in [4.69, 9.17) is 14.2 Å². The fourth-order valence-corrected chi connectivity index (χ4v) is 3.16. The molecule has 3 rings (SSSR count). The summed E-state index contributed by atoms with van der Waals surface area (Å²) >= 11 is 0. The molecule has 0 spiro atoms. The highest BCUT2D eigenvalue weighted by Crippen LogP contribution is 2.35. The Hall–Kier alpha value is -2.77. The van der Waals surface area contributed by atoms with Crippen LogP contribution in [0.15, 0.2) is 18.5 Å². The van der Waals surface area contributed by atoms with Crippen LogP contribution in [0.5, 0.6) is 11.5 Å². The third-order valence-corrected chi connectivity index (χ3v) is 4.43. The molecule has 1 saturated heterocycles. The maximum Gasteiger partial charge on any atom is 0.410 e. The van der Waals surface area contributed by atoms with Crippen molar-refractivity contribution in [1.29, 1.82) is 0 Å². The minimum Gasteiger partial charge on any atom is -0.493 e. The predicted octanol–water partition coefficient (Wildman–Crippen LogP) is 3.09. The van der Waals surface area contributed by atoms with Gasteiger partial charge in [0.05, 0.1) is 19.2 Å². The minimum absolute atomic E-state index is 0.275. The summed E-state index contributed by atoms with van der Waals surface area (Å²) in [6.07, 6.45) is 1.28. The highest BCUT2D eigenvalue weighted by molar-refractivity contribution is 5.92. The molecule has 1 aliphatic rings. The van der Waals surface area contributed by atoms with Crippen molar-refractivity contribution >= 4 is 22.8 Å². The molecule has 1 aromatic carbocycles. The fraction of sp³-hybridized carbons (Fsp3) is 0.550. The van der Waals surface area contributed by atoms with Gasteiger partial charge in [0, 0.05) is 37.6 Å². The van der Waals surface area contributed by atoms with Crippen molar-refractivity contribution in [1.82, 2.24) is 14.9 Å². The van der Waals surface area contributed by atoms with Gasteiger partial charge in [0.1, 0.15) is 17.7 Å². The van der Waals surface area contributed by atoms with Crippen molar-refractivity contribution in [2.24, 2.45) is 0 Å². The van der Waals surface area contributed by atoms with Gasteiger partial charge in [-0.3, -0.25) is 0 Å². The Labute approximate surface area is 165 Å². The van der Waals surface area contributed by atoms with Gasteiger partial charge < -0.3 is 24.0 Å². The largest absolute Gasteiger partial charge is 0.493 e. The smallest absolute Gasteiger partial charge is 0.410 e. The Bertz CT molecular complexity index is 842. The molecular weight excluding hydrogens is 360 g/mol. The summed E-state index contributed by atoms with van der Waals surface area (Å²) in [6.45, 7) is 10.6. The van der Waals surface area contributed by atoms with Gasteiger partial charge in [-0.05, 0) is 33.8 Å². The van der Waals surface area contributed by atoms with Gasteiger partial charge in [-0.15, -0.1) is 0 Å². The third kappa shape index (κ3) is 4.37. The van der Waals surface area contributed by atoms with E-state index in [2.05, 4.69) is 14.9 Å². The van der Waals surface area contributed by atoms with Crippen molar-refractivity contribution in [2.75, 3.05) is 44.8 Å². The topological polar surface area (TPSA) is 77.0 Å². The minimum atomic E-state index is -0.494. The van der Waals surface area contributed by atoms with E-state index in [9.17, 15) is 4.79 Å². The number of ether oxygens (including phenoxy) is 3. The SMILES string of the molecule is CCOc1cc2c(N3CCN(C(=O)OC(C)(C)C)CC3)ncnc2cc1OC. The summed E-state index contributed by atoms with van der Waals surface area (Å²) in [5, 5.41) is 0.900. The number of piperazine rings is 1.